The van der Waals surface area contributed by atoms with Crippen LogP contribution in [0.25, 0.3) is 11.4 Å². The monoisotopic (exact) mass is 421 g/mol. The van der Waals surface area contributed by atoms with E-state index in [1.807, 2.05) is 18.6 Å². The van der Waals surface area contributed by atoms with Crippen molar-refractivity contribution in [2.24, 2.45) is 5.92 Å². The summed E-state index contributed by atoms with van der Waals surface area (Å²) < 4.78 is 13.9. The molecule has 0 saturated carbocycles. The van der Waals surface area contributed by atoms with E-state index in [0.717, 1.165) is 43.0 Å². The lowest BCUT2D eigenvalue weighted by molar-refractivity contribution is -0.122. The van der Waals surface area contributed by atoms with Gasteiger partial charge in [0.2, 0.25) is 0 Å². The number of carboxylic acid groups (broad SMARTS) is 1. The molecule has 3 aromatic rings. The number of ether oxygens (including phenoxy) is 2. The zero-order valence-electron chi connectivity index (χ0n) is 17.6. The molecule has 0 unspecified atom stereocenters. The molecular formula is C24H27N3O4. The van der Waals surface area contributed by atoms with Gasteiger partial charge in [0.25, 0.3) is 6.47 Å². The van der Waals surface area contributed by atoms with E-state index < -0.39 is 0 Å². The number of rotatable bonds is 5. The fraction of sp³-hybridized carbons (Fsp3) is 0.375. The second kappa shape index (κ2) is 9.75. The van der Waals surface area contributed by atoms with E-state index in [9.17, 15) is 0 Å². The van der Waals surface area contributed by atoms with Gasteiger partial charge in [-0.2, -0.15) is 0 Å². The molecule has 3 heterocycles. The molecule has 162 valence electrons. The van der Waals surface area contributed by atoms with Gasteiger partial charge in [0, 0.05) is 30.7 Å². The van der Waals surface area contributed by atoms with Crippen molar-refractivity contribution < 1.29 is 19.4 Å². The van der Waals surface area contributed by atoms with Crippen molar-refractivity contribution >= 4 is 6.47 Å². The van der Waals surface area contributed by atoms with Crippen molar-refractivity contribution in [2.75, 3.05) is 20.3 Å². The van der Waals surface area contributed by atoms with Crippen LogP contribution in [0.4, 0.5) is 0 Å². The van der Waals surface area contributed by atoms with E-state index in [4.69, 9.17) is 24.4 Å². The van der Waals surface area contributed by atoms with Crippen molar-refractivity contribution in [2.45, 2.75) is 31.7 Å². The molecule has 1 N–H and O–H groups in total. The molecule has 0 spiro atoms. The Morgan fingerprint density at radius 1 is 1.19 bits per heavy atom. The van der Waals surface area contributed by atoms with Gasteiger partial charge in [-0.15, -0.1) is 0 Å². The van der Waals surface area contributed by atoms with Gasteiger partial charge in [0.05, 0.1) is 31.9 Å². The van der Waals surface area contributed by atoms with E-state index in [1.165, 1.54) is 23.1 Å². The van der Waals surface area contributed by atoms with Crippen molar-refractivity contribution in [3.05, 3.63) is 65.7 Å². The summed E-state index contributed by atoms with van der Waals surface area (Å²) in [6, 6.07) is 8.94. The Morgan fingerprint density at radius 3 is 2.68 bits per heavy atom. The summed E-state index contributed by atoms with van der Waals surface area (Å²) in [6.07, 6.45) is 12.2. The van der Waals surface area contributed by atoms with Crippen LogP contribution in [-0.4, -0.2) is 46.4 Å². The van der Waals surface area contributed by atoms with Crippen LogP contribution in [0, 0.1) is 5.92 Å². The van der Waals surface area contributed by atoms with Crippen molar-refractivity contribution in [1.82, 2.24) is 14.5 Å². The number of methoxy groups -OCH3 is 1. The average Bonchev–Trinajstić information content (AvgIpc) is 3.54. The SMILES string of the molecule is COc1cc2c(cc1-c1nccn1[C@@H]1COC[C@H]1Cc1ccncc1)CCC2.O=CO. The van der Waals surface area contributed by atoms with Gasteiger partial charge >= 0.3 is 0 Å². The molecule has 1 aromatic carbocycles. The first-order chi connectivity index (χ1) is 15.2. The third kappa shape index (κ3) is 4.46. The van der Waals surface area contributed by atoms with E-state index in [2.05, 4.69) is 40.0 Å². The highest BCUT2D eigenvalue weighted by molar-refractivity contribution is 5.67. The Morgan fingerprint density at radius 2 is 1.94 bits per heavy atom. The van der Waals surface area contributed by atoms with Gasteiger partial charge in [-0.05, 0) is 66.6 Å². The quantitative estimate of drug-likeness (QED) is 0.634. The zero-order valence-corrected chi connectivity index (χ0v) is 17.6. The number of fused-ring (bicyclic) bond motifs is 1. The zero-order chi connectivity index (χ0) is 21.6. The molecule has 1 saturated heterocycles. The van der Waals surface area contributed by atoms with Crippen molar-refractivity contribution in [1.29, 1.82) is 0 Å². The number of benzene rings is 1. The molecule has 7 nitrogen and oxygen atoms in total. The van der Waals surface area contributed by atoms with E-state index >= 15 is 0 Å². The summed E-state index contributed by atoms with van der Waals surface area (Å²) in [5.74, 6) is 2.30. The Balaban J connectivity index is 0.000000730. The third-order valence-electron chi connectivity index (χ3n) is 6.09. The predicted molar refractivity (Wildman–Crippen MR) is 116 cm³/mol. The standard InChI is InChI=1S/C23H25N3O2.CH2O2/c1-27-22-13-18-4-2-3-17(18)12-20(22)23-25-9-10-26(23)21-15-28-14-19(21)11-16-5-7-24-8-6-16;2-1-3/h5-10,12-13,19,21H,2-4,11,14-15H2,1H3;1H,(H,2,3)/t19-,21-;/m1./s1. The number of pyridine rings is 1. The minimum atomic E-state index is -0.250. The molecule has 1 fully saturated rings. The summed E-state index contributed by atoms with van der Waals surface area (Å²) in [6.45, 7) is 1.23. The van der Waals surface area contributed by atoms with Gasteiger partial charge < -0.3 is 19.1 Å². The summed E-state index contributed by atoms with van der Waals surface area (Å²) >= 11 is 0. The predicted octanol–water partition coefficient (Wildman–Crippen LogP) is 3.57. The second-order valence-corrected chi connectivity index (χ2v) is 7.86. The topological polar surface area (TPSA) is 86.5 Å². The number of aromatic nitrogens is 3. The minimum Gasteiger partial charge on any atom is -0.496 e. The lowest BCUT2D eigenvalue weighted by Crippen LogP contribution is -2.20. The van der Waals surface area contributed by atoms with Gasteiger partial charge in [-0.25, -0.2) is 4.98 Å². The number of nitrogens with zero attached hydrogens (tertiary/aromatic N) is 3. The second-order valence-electron chi connectivity index (χ2n) is 7.86. The van der Waals surface area contributed by atoms with Gasteiger partial charge in [-0.3, -0.25) is 9.78 Å². The molecule has 0 bridgehead atoms. The van der Waals surface area contributed by atoms with Crippen LogP contribution in [0.2, 0.25) is 0 Å². The molecule has 5 rings (SSSR count). The summed E-state index contributed by atoms with van der Waals surface area (Å²) in [5, 5.41) is 6.89. The first-order valence-corrected chi connectivity index (χ1v) is 10.5. The lowest BCUT2D eigenvalue weighted by atomic mass is 9.95. The van der Waals surface area contributed by atoms with Gasteiger partial charge in [-0.1, -0.05) is 0 Å². The van der Waals surface area contributed by atoms with E-state index in [1.54, 1.807) is 7.11 Å². The average molecular weight is 421 g/mol. The minimum absolute atomic E-state index is 0.250. The summed E-state index contributed by atoms with van der Waals surface area (Å²) in [5.41, 5.74) is 5.23. The van der Waals surface area contributed by atoms with Crippen LogP contribution in [0.3, 0.4) is 0 Å². The molecule has 2 atom stereocenters. The number of hydrogen-bond acceptors (Lipinski definition) is 5. The van der Waals surface area contributed by atoms with Crippen LogP contribution in [0.1, 0.15) is 29.2 Å². The van der Waals surface area contributed by atoms with E-state index in [0.29, 0.717) is 12.5 Å². The largest absolute Gasteiger partial charge is 0.496 e. The highest BCUT2D eigenvalue weighted by atomic mass is 16.5. The molecule has 1 aliphatic carbocycles. The van der Waals surface area contributed by atoms with Gasteiger partial charge in [0.15, 0.2) is 0 Å². The molecule has 2 aliphatic rings. The normalized spacial score (nSPS) is 19.4. The lowest BCUT2D eigenvalue weighted by Gasteiger charge is -2.22. The molecule has 0 amide bonds. The Hall–Kier alpha value is -3.19. The Kier molecular flexibility index (Phi) is 6.62. The van der Waals surface area contributed by atoms with Gasteiger partial charge in [0.1, 0.15) is 11.6 Å². The van der Waals surface area contributed by atoms with Crippen LogP contribution >= 0.6 is 0 Å². The van der Waals surface area contributed by atoms with E-state index in [-0.39, 0.29) is 12.5 Å². The highest BCUT2D eigenvalue weighted by Crippen LogP contribution is 2.38. The summed E-state index contributed by atoms with van der Waals surface area (Å²) in [7, 11) is 1.75. The maximum absolute atomic E-state index is 8.36. The third-order valence-corrected chi connectivity index (χ3v) is 6.09. The van der Waals surface area contributed by atoms with Crippen LogP contribution in [-0.2, 0) is 28.8 Å². The molecule has 31 heavy (non-hydrogen) atoms. The molecule has 2 aromatic heterocycles. The first-order valence-electron chi connectivity index (χ1n) is 10.5. The fourth-order valence-electron chi connectivity index (χ4n) is 4.65. The molecular weight excluding hydrogens is 394 g/mol. The summed E-state index contributed by atoms with van der Waals surface area (Å²) in [4.78, 5) is 17.2. The molecule has 7 heteroatoms. The number of hydrogen-bond donors (Lipinski definition) is 1. The molecule has 1 aliphatic heterocycles. The van der Waals surface area contributed by atoms with Crippen LogP contribution in [0.15, 0.2) is 49.1 Å². The Labute approximate surface area is 181 Å². The maximum Gasteiger partial charge on any atom is 0.290 e. The Bertz CT molecular complexity index is 1020. The highest BCUT2D eigenvalue weighted by Gasteiger charge is 2.32. The van der Waals surface area contributed by atoms with Crippen LogP contribution < -0.4 is 4.74 Å². The molecule has 0 radical (unpaired) electrons. The van der Waals surface area contributed by atoms with Crippen LogP contribution in [0.5, 0.6) is 5.75 Å². The van der Waals surface area contributed by atoms with Crippen molar-refractivity contribution in [3.63, 3.8) is 0 Å². The van der Waals surface area contributed by atoms with Crippen molar-refractivity contribution in [3.8, 4) is 17.1 Å². The maximum atomic E-state index is 8.36. The fourth-order valence-corrected chi connectivity index (χ4v) is 4.65. The first kappa shape index (κ1) is 21.1. The number of aryl methyl sites for hydroxylation is 2. The number of imidazole rings is 1. The smallest absolute Gasteiger partial charge is 0.290 e. The number of carbonyl (C=O) groups is 1.